The lowest BCUT2D eigenvalue weighted by atomic mass is 10.1. The topological polar surface area (TPSA) is 86.4 Å². The molecule has 1 aliphatic rings. The van der Waals surface area contributed by atoms with E-state index >= 15 is 0 Å². The standard InChI is InChI=1S/C21H21F4N5O2S2/c1-26-15-6-7-30(10-15)18-8-13(21(23,24)25)2-4-17(18)28-14-3-5-19(16(22)9-14)34(31,32)29-20-11-33-12-27-20/h2-5,8-9,11-12,15,26,28-29H,6-7,10H2,1H3. The van der Waals surface area contributed by atoms with Crippen molar-refractivity contribution in [2.45, 2.75) is 23.5 Å². The Hall–Kier alpha value is -2.90. The van der Waals surface area contributed by atoms with Gasteiger partial charge in [-0.15, -0.1) is 11.3 Å². The van der Waals surface area contributed by atoms with Crippen molar-refractivity contribution >= 4 is 44.2 Å². The number of hydrogen-bond acceptors (Lipinski definition) is 7. The summed E-state index contributed by atoms with van der Waals surface area (Å²) in [6.07, 6.45) is -3.75. The number of benzene rings is 2. The summed E-state index contributed by atoms with van der Waals surface area (Å²) in [5, 5.41) is 7.52. The molecule has 1 aromatic heterocycles. The minimum absolute atomic E-state index is 0.0754. The Kier molecular flexibility index (Phi) is 6.69. The number of sulfonamides is 1. The van der Waals surface area contributed by atoms with Crippen LogP contribution < -0.4 is 20.3 Å². The fraction of sp³-hybridized carbons (Fsp3) is 0.286. The molecule has 0 spiro atoms. The lowest BCUT2D eigenvalue weighted by Crippen LogP contribution is -2.29. The Labute approximate surface area is 197 Å². The van der Waals surface area contributed by atoms with Crippen molar-refractivity contribution in [1.29, 1.82) is 0 Å². The largest absolute Gasteiger partial charge is 0.416 e. The predicted octanol–water partition coefficient (Wildman–Crippen LogP) is 4.64. The van der Waals surface area contributed by atoms with E-state index < -0.39 is 32.5 Å². The molecule has 1 fully saturated rings. The molecular formula is C21H21F4N5O2S2. The van der Waals surface area contributed by atoms with Crippen LogP contribution in [0.3, 0.4) is 0 Å². The zero-order valence-electron chi connectivity index (χ0n) is 17.9. The van der Waals surface area contributed by atoms with Crippen LogP contribution in [-0.4, -0.2) is 39.6 Å². The van der Waals surface area contributed by atoms with Crippen molar-refractivity contribution in [2.24, 2.45) is 0 Å². The third-order valence-electron chi connectivity index (χ3n) is 5.43. The van der Waals surface area contributed by atoms with E-state index in [9.17, 15) is 26.0 Å². The minimum Gasteiger partial charge on any atom is -0.368 e. The number of thiazole rings is 1. The van der Waals surface area contributed by atoms with Gasteiger partial charge in [0.2, 0.25) is 0 Å². The van der Waals surface area contributed by atoms with Crippen molar-refractivity contribution in [3.05, 3.63) is 58.7 Å². The van der Waals surface area contributed by atoms with Crippen LogP contribution in [0.2, 0.25) is 0 Å². The highest BCUT2D eigenvalue weighted by Gasteiger charge is 2.33. The van der Waals surface area contributed by atoms with Gasteiger partial charge >= 0.3 is 6.18 Å². The molecule has 1 saturated heterocycles. The molecular weight excluding hydrogens is 494 g/mol. The zero-order chi connectivity index (χ0) is 24.5. The highest BCUT2D eigenvalue weighted by atomic mass is 32.2. The van der Waals surface area contributed by atoms with Crippen LogP contribution in [0.4, 0.5) is 40.4 Å². The van der Waals surface area contributed by atoms with E-state index in [-0.39, 0.29) is 17.5 Å². The molecule has 13 heteroatoms. The number of alkyl halides is 3. The first kappa shape index (κ1) is 24.2. The molecule has 34 heavy (non-hydrogen) atoms. The van der Waals surface area contributed by atoms with E-state index in [1.807, 2.05) is 4.90 Å². The van der Waals surface area contributed by atoms with Crippen molar-refractivity contribution in [3.8, 4) is 0 Å². The van der Waals surface area contributed by atoms with Crippen LogP contribution >= 0.6 is 11.3 Å². The van der Waals surface area contributed by atoms with Crippen molar-refractivity contribution < 1.29 is 26.0 Å². The lowest BCUT2D eigenvalue weighted by molar-refractivity contribution is -0.137. The number of anilines is 4. The average Bonchev–Trinajstić information content (AvgIpc) is 3.44. The lowest BCUT2D eigenvalue weighted by Gasteiger charge is -2.24. The van der Waals surface area contributed by atoms with E-state index in [0.717, 1.165) is 30.7 Å². The summed E-state index contributed by atoms with van der Waals surface area (Å²) in [5.74, 6) is -0.941. The molecule has 7 nitrogen and oxygen atoms in total. The summed E-state index contributed by atoms with van der Waals surface area (Å²) in [4.78, 5) is 5.07. The fourth-order valence-corrected chi connectivity index (χ4v) is 5.32. The third kappa shape index (κ3) is 5.26. The second kappa shape index (κ2) is 9.39. The van der Waals surface area contributed by atoms with Crippen LogP contribution in [0.25, 0.3) is 0 Å². The molecule has 182 valence electrons. The molecule has 0 amide bonds. The second-order valence-corrected chi connectivity index (χ2v) is 10.1. The van der Waals surface area contributed by atoms with Crippen LogP contribution in [0.15, 0.2) is 52.2 Å². The predicted molar refractivity (Wildman–Crippen MR) is 124 cm³/mol. The quantitative estimate of drug-likeness (QED) is 0.398. The van der Waals surface area contributed by atoms with Crippen LogP contribution in [-0.2, 0) is 16.2 Å². The van der Waals surface area contributed by atoms with Gasteiger partial charge in [-0.05, 0) is 49.9 Å². The number of likely N-dealkylation sites (N-methyl/N-ethyl adjacent to an activating group) is 1. The average molecular weight is 516 g/mol. The van der Waals surface area contributed by atoms with E-state index in [1.165, 1.54) is 34.4 Å². The normalized spacial score (nSPS) is 16.6. The second-order valence-electron chi connectivity index (χ2n) is 7.70. The van der Waals surface area contributed by atoms with Gasteiger partial charge in [0.25, 0.3) is 10.0 Å². The zero-order valence-corrected chi connectivity index (χ0v) is 19.5. The molecule has 1 aliphatic heterocycles. The Morgan fingerprint density at radius 1 is 1.18 bits per heavy atom. The molecule has 1 unspecified atom stereocenters. The van der Waals surface area contributed by atoms with E-state index in [2.05, 4.69) is 20.3 Å². The van der Waals surface area contributed by atoms with E-state index in [1.54, 1.807) is 7.05 Å². The van der Waals surface area contributed by atoms with Crippen LogP contribution in [0.1, 0.15) is 12.0 Å². The Balaban J connectivity index is 1.62. The first-order chi connectivity index (χ1) is 16.1. The number of nitrogens with one attached hydrogen (secondary N) is 3. The summed E-state index contributed by atoms with van der Waals surface area (Å²) < 4.78 is 81.9. The van der Waals surface area contributed by atoms with Gasteiger partial charge < -0.3 is 15.5 Å². The SMILES string of the molecule is CNC1CCN(c2cc(C(F)(F)F)ccc2Nc2ccc(S(=O)(=O)Nc3cscn3)c(F)c2)C1. The third-order valence-corrected chi connectivity index (χ3v) is 7.41. The van der Waals surface area contributed by atoms with Crippen molar-refractivity contribution in [1.82, 2.24) is 10.3 Å². The molecule has 2 aromatic carbocycles. The molecule has 3 aromatic rings. The minimum atomic E-state index is -4.51. The molecule has 1 atom stereocenters. The molecule has 0 saturated carbocycles. The highest BCUT2D eigenvalue weighted by Crippen LogP contribution is 2.38. The molecule has 0 aliphatic carbocycles. The van der Waals surface area contributed by atoms with E-state index in [0.29, 0.717) is 24.5 Å². The summed E-state index contributed by atoms with van der Waals surface area (Å²) in [5.41, 5.74) is 1.51. The maximum absolute atomic E-state index is 14.8. The van der Waals surface area contributed by atoms with Crippen LogP contribution in [0.5, 0.6) is 0 Å². The summed E-state index contributed by atoms with van der Waals surface area (Å²) in [7, 11) is -2.41. The number of aromatic nitrogens is 1. The van der Waals surface area contributed by atoms with Gasteiger partial charge in [0.1, 0.15) is 10.7 Å². The maximum atomic E-state index is 14.8. The summed E-state index contributed by atoms with van der Waals surface area (Å²) in [6, 6.07) is 6.85. The monoisotopic (exact) mass is 515 g/mol. The molecule has 3 N–H and O–H groups in total. The molecule has 0 radical (unpaired) electrons. The Morgan fingerprint density at radius 3 is 2.59 bits per heavy atom. The van der Waals surface area contributed by atoms with Gasteiger partial charge in [0.05, 0.1) is 22.4 Å². The van der Waals surface area contributed by atoms with Gasteiger partial charge in [-0.2, -0.15) is 13.2 Å². The Morgan fingerprint density at radius 2 is 1.97 bits per heavy atom. The molecule has 0 bridgehead atoms. The first-order valence-electron chi connectivity index (χ1n) is 10.2. The van der Waals surface area contributed by atoms with Crippen molar-refractivity contribution in [2.75, 3.05) is 35.1 Å². The summed E-state index contributed by atoms with van der Waals surface area (Å²) in [6.45, 7) is 1.07. The number of rotatable bonds is 7. The van der Waals surface area contributed by atoms with Crippen molar-refractivity contribution in [3.63, 3.8) is 0 Å². The van der Waals surface area contributed by atoms with Gasteiger partial charge in [0.15, 0.2) is 5.82 Å². The van der Waals surface area contributed by atoms with Gasteiger partial charge in [0, 0.05) is 30.2 Å². The van der Waals surface area contributed by atoms with Gasteiger partial charge in [-0.1, -0.05) is 0 Å². The van der Waals surface area contributed by atoms with Gasteiger partial charge in [-0.25, -0.2) is 17.8 Å². The summed E-state index contributed by atoms with van der Waals surface area (Å²) >= 11 is 1.18. The molecule has 2 heterocycles. The Bertz CT molecular complexity index is 1270. The number of hydrogen-bond donors (Lipinski definition) is 3. The number of nitrogens with zero attached hydrogens (tertiary/aromatic N) is 2. The maximum Gasteiger partial charge on any atom is 0.416 e. The molecule has 4 rings (SSSR count). The van der Waals surface area contributed by atoms with Crippen LogP contribution in [0, 0.1) is 5.82 Å². The van der Waals surface area contributed by atoms with Gasteiger partial charge in [-0.3, -0.25) is 4.72 Å². The number of halogens is 4. The highest BCUT2D eigenvalue weighted by molar-refractivity contribution is 7.92. The van der Waals surface area contributed by atoms with E-state index in [4.69, 9.17) is 0 Å². The fourth-order valence-electron chi connectivity index (χ4n) is 3.70. The first-order valence-corrected chi connectivity index (χ1v) is 12.6. The smallest absolute Gasteiger partial charge is 0.368 e.